The van der Waals surface area contributed by atoms with E-state index in [-0.39, 0.29) is 24.0 Å². The van der Waals surface area contributed by atoms with Gasteiger partial charge in [-0.05, 0) is 36.1 Å². The van der Waals surface area contributed by atoms with Crippen LogP contribution in [0.15, 0.2) is 66.2 Å². The summed E-state index contributed by atoms with van der Waals surface area (Å²) in [5.41, 5.74) is 4.79. The van der Waals surface area contributed by atoms with Crippen molar-refractivity contribution in [2.75, 3.05) is 13.6 Å². The summed E-state index contributed by atoms with van der Waals surface area (Å²) in [6.45, 7) is 5.88. The molecular weight excluding hydrogens is 463 g/mol. The highest BCUT2D eigenvalue weighted by Crippen LogP contribution is 2.15. The molecule has 0 aliphatic carbocycles. The standard InChI is InChI=1S/C21H26N6.HI/c1-16-5-4-6-19(11-16)17(2)12-24-21(22-3)25-13-18-7-9-20(10-8-18)27-15-23-14-26-27;/h4-11,14-15,17H,12-13H2,1-3H3,(H2,22,24,25);1H. The number of nitrogens with zero attached hydrogens (tertiary/aromatic N) is 4. The Balaban J connectivity index is 0.00000280. The lowest BCUT2D eigenvalue weighted by molar-refractivity contribution is 0.698. The fourth-order valence-corrected chi connectivity index (χ4v) is 2.86. The number of aliphatic imine (C=N–C) groups is 1. The second kappa shape index (κ2) is 10.8. The average Bonchev–Trinajstić information content (AvgIpc) is 3.23. The Bertz CT molecular complexity index is 874. The minimum absolute atomic E-state index is 0. The molecule has 3 rings (SSSR count). The van der Waals surface area contributed by atoms with Gasteiger partial charge in [0.2, 0.25) is 0 Å². The van der Waals surface area contributed by atoms with E-state index in [2.05, 4.69) is 76.0 Å². The van der Waals surface area contributed by atoms with E-state index in [1.54, 1.807) is 18.1 Å². The molecule has 1 heterocycles. The molecule has 0 bridgehead atoms. The third-order valence-corrected chi connectivity index (χ3v) is 4.49. The molecule has 0 saturated heterocycles. The monoisotopic (exact) mass is 490 g/mol. The van der Waals surface area contributed by atoms with Crippen molar-refractivity contribution in [1.82, 2.24) is 25.4 Å². The highest BCUT2D eigenvalue weighted by atomic mass is 127. The van der Waals surface area contributed by atoms with Crippen molar-refractivity contribution in [3.05, 3.63) is 77.9 Å². The van der Waals surface area contributed by atoms with Gasteiger partial charge in [-0.15, -0.1) is 24.0 Å². The predicted molar refractivity (Wildman–Crippen MR) is 125 cm³/mol. The van der Waals surface area contributed by atoms with E-state index >= 15 is 0 Å². The summed E-state index contributed by atoms with van der Waals surface area (Å²) in [5.74, 6) is 1.21. The summed E-state index contributed by atoms with van der Waals surface area (Å²) >= 11 is 0. The molecule has 1 unspecified atom stereocenters. The number of halogens is 1. The summed E-state index contributed by atoms with van der Waals surface area (Å²) in [4.78, 5) is 8.28. The van der Waals surface area contributed by atoms with Crippen LogP contribution in [0.5, 0.6) is 0 Å². The summed E-state index contributed by atoms with van der Waals surface area (Å²) < 4.78 is 1.74. The second-order valence-corrected chi connectivity index (χ2v) is 6.63. The Labute approximate surface area is 183 Å². The van der Waals surface area contributed by atoms with Crippen LogP contribution >= 0.6 is 24.0 Å². The molecule has 148 valence electrons. The van der Waals surface area contributed by atoms with Gasteiger partial charge >= 0.3 is 0 Å². The lowest BCUT2D eigenvalue weighted by atomic mass is 9.99. The lowest BCUT2D eigenvalue weighted by Gasteiger charge is -2.17. The van der Waals surface area contributed by atoms with Crippen molar-refractivity contribution in [2.45, 2.75) is 26.3 Å². The first-order valence-corrected chi connectivity index (χ1v) is 9.10. The maximum absolute atomic E-state index is 4.32. The van der Waals surface area contributed by atoms with Crippen LogP contribution in [0.3, 0.4) is 0 Å². The maximum atomic E-state index is 4.32. The molecule has 2 aromatic carbocycles. The summed E-state index contributed by atoms with van der Waals surface area (Å²) in [5, 5.41) is 10.9. The van der Waals surface area contributed by atoms with Crippen LogP contribution in [0, 0.1) is 6.92 Å². The highest BCUT2D eigenvalue weighted by Gasteiger charge is 2.07. The van der Waals surface area contributed by atoms with Crippen molar-refractivity contribution in [2.24, 2.45) is 4.99 Å². The molecule has 6 nitrogen and oxygen atoms in total. The van der Waals surface area contributed by atoms with Crippen LogP contribution in [0.1, 0.15) is 29.5 Å². The van der Waals surface area contributed by atoms with E-state index in [0.717, 1.165) is 18.2 Å². The summed E-state index contributed by atoms with van der Waals surface area (Å²) in [7, 11) is 1.79. The van der Waals surface area contributed by atoms with Crippen LogP contribution in [0.2, 0.25) is 0 Å². The smallest absolute Gasteiger partial charge is 0.191 e. The van der Waals surface area contributed by atoms with Crippen molar-refractivity contribution in [3.63, 3.8) is 0 Å². The Hall–Kier alpha value is -2.42. The Kier molecular flexibility index (Phi) is 8.43. The number of rotatable bonds is 6. The predicted octanol–water partition coefficient (Wildman–Crippen LogP) is 3.66. The van der Waals surface area contributed by atoms with Crippen molar-refractivity contribution in [3.8, 4) is 5.69 Å². The molecule has 1 aromatic heterocycles. The van der Waals surface area contributed by atoms with Gasteiger partial charge < -0.3 is 10.6 Å². The normalized spacial score (nSPS) is 12.2. The van der Waals surface area contributed by atoms with E-state index in [4.69, 9.17) is 0 Å². The highest BCUT2D eigenvalue weighted by molar-refractivity contribution is 14.0. The van der Waals surface area contributed by atoms with Crippen molar-refractivity contribution in [1.29, 1.82) is 0 Å². The zero-order valence-corrected chi connectivity index (χ0v) is 18.8. The number of hydrogen-bond donors (Lipinski definition) is 2. The van der Waals surface area contributed by atoms with Crippen LogP contribution in [0.4, 0.5) is 0 Å². The first-order chi connectivity index (χ1) is 13.2. The van der Waals surface area contributed by atoms with Crippen LogP contribution < -0.4 is 10.6 Å². The largest absolute Gasteiger partial charge is 0.356 e. The van der Waals surface area contributed by atoms with Gasteiger partial charge in [-0.1, -0.05) is 48.9 Å². The number of benzene rings is 2. The minimum atomic E-state index is 0. The molecule has 0 amide bonds. The Morgan fingerprint density at radius 3 is 2.57 bits per heavy atom. The number of guanidine groups is 1. The fourth-order valence-electron chi connectivity index (χ4n) is 2.86. The summed E-state index contributed by atoms with van der Waals surface area (Å²) in [6, 6.07) is 16.9. The first kappa shape index (κ1) is 21.9. The van der Waals surface area contributed by atoms with Gasteiger partial charge in [-0.3, -0.25) is 4.99 Å². The molecule has 2 N–H and O–H groups in total. The third-order valence-electron chi connectivity index (χ3n) is 4.49. The molecule has 0 radical (unpaired) electrons. The van der Waals surface area contributed by atoms with Crippen LogP contribution in [-0.4, -0.2) is 34.3 Å². The van der Waals surface area contributed by atoms with E-state index in [0.29, 0.717) is 12.5 Å². The van der Waals surface area contributed by atoms with E-state index in [9.17, 15) is 0 Å². The van der Waals surface area contributed by atoms with Gasteiger partial charge in [0, 0.05) is 20.1 Å². The SMILES string of the molecule is CN=C(NCc1ccc(-n2cncn2)cc1)NCC(C)c1cccc(C)c1.I. The molecule has 0 fully saturated rings. The van der Waals surface area contributed by atoms with E-state index in [1.807, 2.05) is 12.1 Å². The third kappa shape index (κ3) is 6.05. The number of hydrogen-bond acceptors (Lipinski definition) is 3. The van der Waals surface area contributed by atoms with E-state index < -0.39 is 0 Å². The molecule has 0 aliphatic rings. The molecule has 3 aromatic rings. The molecule has 0 saturated carbocycles. The van der Waals surface area contributed by atoms with Gasteiger partial charge in [0.05, 0.1) is 5.69 Å². The fraction of sp³-hybridized carbons (Fsp3) is 0.286. The van der Waals surface area contributed by atoms with Gasteiger partial charge in [0.25, 0.3) is 0 Å². The first-order valence-electron chi connectivity index (χ1n) is 9.10. The van der Waals surface area contributed by atoms with E-state index in [1.165, 1.54) is 23.0 Å². The lowest BCUT2D eigenvalue weighted by Crippen LogP contribution is -2.38. The van der Waals surface area contributed by atoms with Gasteiger partial charge in [-0.25, -0.2) is 9.67 Å². The van der Waals surface area contributed by atoms with Crippen molar-refractivity contribution >= 4 is 29.9 Å². The zero-order valence-electron chi connectivity index (χ0n) is 16.5. The average molecular weight is 490 g/mol. The number of aryl methyl sites for hydroxylation is 1. The maximum Gasteiger partial charge on any atom is 0.191 e. The Morgan fingerprint density at radius 2 is 1.93 bits per heavy atom. The van der Waals surface area contributed by atoms with Crippen LogP contribution in [-0.2, 0) is 6.54 Å². The summed E-state index contributed by atoms with van der Waals surface area (Å²) in [6.07, 6.45) is 3.22. The molecule has 28 heavy (non-hydrogen) atoms. The molecule has 0 spiro atoms. The molecule has 0 aliphatic heterocycles. The quantitative estimate of drug-likeness (QED) is 0.315. The van der Waals surface area contributed by atoms with Gasteiger partial charge in [0.1, 0.15) is 12.7 Å². The Morgan fingerprint density at radius 1 is 1.14 bits per heavy atom. The molecule has 1 atom stereocenters. The minimum Gasteiger partial charge on any atom is -0.356 e. The van der Waals surface area contributed by atoms with Crippen molar-refractivity contribution < 1.29 is 0 Å². The van der Waals surface area contributed by atoms with Crippen LogP contribution in [0.25, 0.3) is 5.69 Å². The van der Waals surface area contributed by atoms with Gasteiger partial charge in [-0.2, -0.15) is 5.10 Å². The molecular formula is C21H27IN6. The number of nitrogens with one attached hydrogen (secondary N) is 2. The van der Waals surface area contributed by atoms with Gasteiger partial charge in [0.15, 0.2) is 5.96 Å². The zero-order chi connectivity index (χ0) is 19.1. The number of aromatic nitrogens is 3. The second-order valence-electron chi connectivity index (χ2n) is 6.63. The molecule has 7 heteroatoms. The topological polar surface area (TPSA) is 67.1 Å².